The van der Waals surface area contributed by atoms with E-state index in [1.165, 1.54) is 49.2 Å². The van der Waals surface area contributed by atoms with Gasteiger partial charge in [-0.15, -0.1) is 11.8 Å². The van der Waals surface area contributed by atoms with E-state index in [-0.39, 0.29) is 28.8 Å². The SMILES string of the molecule is CC[C@H](OC(=O)c1ccccc1C(=O)c1ccc(SC)c([N+](=O)[O-])c1)C(=O)OC. The lowest BCUT2D eigenvalue weighted by Crippen LogP contribution is -2.28. The molecule has 152 valence electrons. The van der Waals surface area contributed by atoms with Crippen LogP contribution in [-0.4, -0.2) is 42.1 Å². The van der Waals surface area contributed by atoms with Gasteiger partial charge in [-0.25, -0.2) is 9.59 Å². The number of rotatable bonds is 8. The Morgan fingerprint density at radius 3 is 2.34 bits per heavy atom. The molecule has 0 bridgehead atoms. The first kappa shape index (κ1) is 22.1. The number of nitrogens with zero attached hydrogens (tertiary/aromatic N) is 1. The van der Waals surface area contributed by atoms with Crippen LogP contribution in [0.5, 0.6) is 0 Å². The number of benzene rings is 2. The second-order valence-corrected chi connectivity index (χ2v) is 6.69. The second kappa shape index (κ2) is 9.83. The number of hydrogen-bond acceptors (Lipinski definition) is 8. The van der Waals surface area contributed by atoms with E-state index < -0.39 is 28.7 Å². The molecule has 29 heavy (non-hydrogen) atoms. The molecule has 2 aromatic carbocycles. The number of thioether (sulfide) groups is 1. The van der Waals surface area contributed by atoms with Gasteiger partial charge in [-0.05, 0) is 30.9 Å². The third kappa shape index (κ3) is 5.00. The molecule has 0 fully saturated rings. The highest BCUT2D eigenvalue weighted by molar-refractivity contribution is 7.98. The zero-order valence-electron chi connectivity index (χ0n) is 16.0. The maximum atomic E-state index is 13.0. The van der Waals surface area contributed by atoms with Crippen LogP contribution in [0.4, 0.5) is 5.69 Å². The molecule has 0 aliphatic carbocycles. The second-order valence-electron chi connectivity index (χ2n) is 5.84. The number of esters is 2. The third-order valence-corrected chi connectivity index (χ3v) is 4.90. The fourth-order valence-electron chi connectivity index (χ4n) is 2.61. The molecule has 0 aliphatic heterocycles. The Morgan fingerprint density at radius 1 is 1.14 bits per heavy atom. The monoisotopic (exact) mass is 417 g/mol. The van der Waals surface area contributed by atoms with Gasteiger partial charge in [-0.3, -0.25) is 14.9 Å². The lowest BCUT2D eigenvalue weighted by Gasteiger charge is -2.15. The van der Waals surface area contributed by atoms with Crippen molar-refractivity contribution in [2.75, 3.05) is 13.4 Å². The fraction of sp³-hybridized carbons (Fsp3) is 0.250. The summed E-state index contributed by atoms with van der Waals surface area (Å²) in [6.07, 6.45) is 0.801. The number of hydrogen-bond donors (Lipinski definition) is 0. The van der Waals surface area contributed by atoms with Crippen molar-refractivity contribution >= 4 is 35.2 Å². The van der Waals surface area contributed by atoms with E-state index in [0.717, 1.165) is 0 Å². The normalized spacial score (nSPS) is 11.4. The Balaban J connectivity index is 2.41. The first-order chi connectivity index (χ1) is 13.8. The van der Waals surface area contributed by atoms with Gasteiger partial charge < -0.3 is 9.47 Å². The van der Waals surface area contributed by atoms with Crippen LogP contribution in [0.15, 0.2) is 47.4 Å². The van der Waals surface area contributed by atoms with E-state index >= 15 is 0 Å². The molecule has 0 spiro atoms. The summed E-state index contributed by atoms with van der Waals surface area (Å²) < 4.78 is 9.78. The number of nitro groups is 1. The molecule has 8 nitrogen and oxygen atoms in total. The number of carbonyl (C=O) groups is 3. The summed E-state index contributed by atoms with van der Waals surface area (Å²) in [5, 5.41) is 11.3. The van der Waals surface area contributed by atoms with E-state index in [1.54, 1.807) is 25.3 Å². The first-order valence-corrected chi connectivity index (χ1v) is 9.81. The van der Waals surface area contributed by atoms with Gasteiger partial charge in [0.05, 0.1) is 22.5 Å². The van der Waals surface area contributed by atoms with E-state index in [2.05, 4.69) is 4.74 Å². The summed E-state index contributed by atoms with van der Waals surface area (Å²) in [7, 11) is 1.18. The van der Waals surface area contributed by atoms with Gasteiger partial charge >= 0.3 is 11.9 Å². The minimum absolute atomic E-state index is 0.0171. The van der Waals surface area contributed by atoms with Crippen molar-refractivity contribution in [1.29, 1.82) is 0 Å². The average molecular weight is 417 g/mol. The summed E-state index contributed by atoms with van der Waals surface area (Å²) in [6, 6.07) is 10.1. The van der Waals surface area contributed by atoms with Crippen LogP contribution in [0, 0.1) is 10.1 Å². The van der Waals surface area contributed by atoms with Crippen molar-refractivity contribution in [1.82, 2.24) is 0 Å². The number of methoxy groups -OCH3 is 1. The largest absolute Gasteiger partial charge is 0.466 e. The standard InChI is InChI=1S/C20H19NO7S/c1-4-16(20(24)27-2)28-19(23)14-8-6-5-7-13(14)18(22)12-9-10-17(29-3)15(11-12)21(25)26/h5-11,16H,4H2,1-3H3/t16-/m0/s1. The lowest BCUT2D eigenvalue weighted by molar-refractivity contribution is -0.387. The van der Waals surface area contributed by atoms with Crippen LogP contribution in [0.1, 0.15) is 39.6 Å². The zero-order chi connectivity index (χ0) is 21.6. The highest BCUT2D eigenvalue weighted by Gasteiger charge is 2.26. The highest BCUT2D eigenvalue weighted by Crippen LogP contribution is 2.29. The smallest absolute Gasteiger partial charge is 0.347 e. The van der Waals surface area contributed by atoms with Crippen molar-refractivity contribution in [2.24, 2.45) is 0 Å². The molecule has 0 saturated heterocycles. The molecular weight excluding hydrogens is 398 g/mol. The quantitative estimate of drug-likeness (QED) is 0.210. The van der Waals surface area contributed by atoms with Crippen LogP contribution in [0.2, 0.25) is 0 Å². The van der Waals surface area contributed by atoms with Crippen LogP contribution in [0.25, 0.3) is 0 Å². The molecular formula is C20H19NO7S. The number of carbonyl (C=O) groups excluding carboxylic acids is 3. The maximum absolute atomic E-state index is 13.0. The Kier molecular flexibility index (Phi) is 7.49. The molecule has 9 heteroatoms. The minimum Gasteiger partial charge on any atom is -0.466 e. The van der Waals surface area contributed by atoms with Gasteiger partial charge in [0, 0.05) is 17.2 Å². The van der Waals surface area contributed by atoms with Crippen molar-refractivity contribution < 1.29 is 28.8 Å². The molecule has 0 aromatic heterocycles. The number of nitro benzene ring substituents is 1. The van der Waals surface area contributed by atoms with E-state index in [9.17, 15) is 24.5 Å². The predicted octanol–water partition coefficient (Wildman–Crippen LogP) is 3.66. The molecule has 0 aliphatic rings. The summed E-state index contributed by atoms with van der Waals surface area (Å²) in [6.45, 7) is 1.65. The molecule has 0 saturated carbocycles. The molecule has 0 heterocycles. The predicted molar refractivity (Wildman–Crippen MR) is 106 cm³/mol. The molecule has 0 unspecified atom stereocenters. The van der Waals surface area contributed by atoms with Crippen LogP contribution in [-0.2, 0) is 14.3 Å². The molecule has 0 amide bonds. The van der Waals surface area contributed by atoms with Crippen molar-refractivity contribution in [3.63, 3.8) is 0 Å². The summed E-state index contributed by atoms with van der Waals surface area (Å²) in [5.41, 5.74) is -0.158. The topological polar surface area (TPSA) is 113 Å². The zero-order valence-corrected chi connectivity index (χ0v) is 16.9. The Bertz CT molecular complexity index is 958. The van der Waals surface area contributed by atoms with Crippen LogP contribution >= 0.6 is 11.8 Å². The molecule has 2 rings (SSSR count). The average Bonchev–Trinajstić information content (AvgIpc) is 2.75. The van der Waals surface area contributed by atoms with Gasteiger partial charge in [0.15, 0.2) is 11.9 Å². The Hall–Kier alpha value is -3.20. The fourth-order valence-corrected chi connectivity index (χ4v) is 3.16. The summed E-state index contributed by atoms with van der Waals surface area (Å²) in [4.78, 5) is 48.3. The van der Waals surface area contributed by atoms with Crippen LogP contribution < -0.4 is 0 Å². The first-order valence-electron chi connectivity index (χ1n) is 8.59. The van der Waals surface area contributed by atoms with E-state index in [0.29, 0.717) is 4.90 Å². The molecule has 2 aromatic rings. The minimum atomic E-state index is -1.10. The van der Waals surface area contributed by atoms with Crippen molar-refractivity contribution in [2.45, 2.75) is 24.3 Å². The number of ketones is 1. The number of ether oxygens (including phenoxy) is 2. The van der Waals surface area contributed by atoms with Gasteiger partial charge in [-0.1, -0.05) is 25.1 Å². The molecule has 1 atom stereocenters. The third-order valence-electron chi connectivity index (χ3n) is 4.11. The maximum Gasteiger partial charge on any atom is 0.347 e. The molecule has 0 radical (unpaired) electrons. The summed E-state index contributed by atoms with van der Waals surface area (Å²) in [5.74, 6) is -2.13. The van der Waals surface area contributed by atoms with Crippen molar-refractivity contribution in [3.8, 4) is 0 Å². The summed E-state index contributed by atoms with van der Waals surface area (Å²) >= 11 is 1.19. The van der Waals surface area contributed by atoms with Gasteiger partial charge in [0.2, 0.25) is 0 Å². The van der Waals surface area contributed by atoms with E-state index in [4.69, 9.17) is 4.74 Å². The van der Waals surface area contributed by atoms with Crippen LogP contribution in [0.3, 0.4) is 0 Å². The Labute approximate surface area is 171 Å². The highest BCUT2D eigenvalue weighted by atomic mass is 32.2. The lowest BCUT2D eigenvalue weighted by atomic mass is 9.98. The van der Waals surface area contributed by atoms with Gasteiger partial charge in [0.25, 0.3) is 5.69 Å². The van der Waals surface area contributed by atoms with Crippen molar-refractivity contribution in [3.05, 3.63) is 69.3 Å². The van der Waals surface area contributed by atoms with E-state index in [1.807, 2.05) is 0 Å². The van der Waals surface area contributed by atoms with Gasteiger partial charge in [-0.2, -0.15) is 0 Å². The molecule has 0 N–H and O–H groups in total. The van der Waals surface area contributed by atoms with Gasteiger partial charge in [0.1, 0.15) is 0 Å². The Morgan fingerprint density at radius 2 is 1.79 bits per heavy atom.